The van der Waals surface area contributed by atoms with E-state index in [0.717, 1.165) is 19.7 Å². The average Bonchev–Trinajstić information content (AvgIpc) is 2.08. The summed E-state index contributed by atoms with van der Waals surface area (Å²) in [6, 6.07) is 0.666. The van der Waals surface area contributed by atoms with Crippen LogP contribution in [0.25, 0.3) is 0 Å². The third kappa shape index (κ3) is 4.49. The summed E-state index contributed by atoms with van der Waals surface area (Å²) in [5, 5.41) is 7.06. The molecule has 0 aromatic carbocycles. The van der Waals surface area contributed by atoms with Crippen molar-refractivity contribution in [3.63, 3.8) is 0 Å². The quantitative estimate of drug-likeness (QED) is 0.674. The van der Waals surface area contributed by atoms with Crippen LogP contribution in [0.15, 0.2) is 0 Å². The normalized spacial score (nSPS) is 26.4. The van der Waals surface area contributed by atoms with E-state index in [1.54, 1.807) is 0 Å². The fourth-order valence-corrected chi connectivity index (χ4v) is 2.04. The second-order valence-electron chi connectivity index (χ2n) is 5.04. The predicted octanol–water partition coefficient (Wildman–Crippen LogP) is 1.53. The molecule has 0 aromatic rings. The van der Waals surface area contributed by atoms with Gasteiger partial charge in [0.15, 0.2) is 0 Å². The Kier molecular flexibility index (Phi) is 5.03. The van der Waals surface area contributed by atoms with Gasteiger partial charge in [0, 0.05) is 24.7 Å². The van der Waals surface area contributed by atoms with Crippen LogP contribution in [0.4, 0.5) is 0 Å². The Balaban J connectivity index is 2.07. The molecule has 0 radical (unpaired) electrons. The number of ether oxygens (including phenoxy) is 1. The summed E-state index contributed by atoms with van der Waals surface area (Å²) in [6.07, 6.45) is 2.86. The van der Waals surface area contributed by atoms with Crippen LogP contribution in [-0.2, 0) is 4.74 Å². The highest BCUT2D eigenvalue weighted by Gasteiger charge is 2.30. The van der Waals surface area contributed by atoms with E-state index in [0.29, 0.717) is 12.1 Å². The lowest BCUT2D eigenvalue weighted by atomic mass is 9.88. The number of rotatable bonds is 7. The first-order chi connectivity index (χ1) is 7.07. The molecule has 0 aliphatic heterocycles. The minimum absolute atomic E-state index is 0.200. The minimum atomic E-state index is 0.200. The first kappa shape index (κ1) is 12.9. The van der Waals surface area contributed by atoms with Gasteiger partial charge in [0.2, 0.25) is 0 Å². The fraction of sp³-hybridized carbons (Fsp3) is 1.00. The topological polar surface area (TPSA) is 33.3 Å². The Morgan fingerprint density at radius 1 is 1.27 bits per heavy atom. The standard InChI is InChI=1S/C12H26N2O/c1-5-14-12(3,4)9-13-10-7-11(8-10)15-6-2/h10-11,13-14H,5-9H2,1-4H3. The van der Waals surface area contributed by atoms with Crippen molar-refractivity contribution in [3.8, 4) is 0 Å². The summed E-state index contributed by atoms with van der Waals surface area (Å²) in [7, 11) is 0. The van der Waals surface area contributed by atoms with Gasteiger partial charge in [0.05, 0.1) is 6.10 Å². The summed E-state index contributed by atoms with van der Waals surface area (Å²) in [5.74, 6) is 0. The highest BCUT2D eigenvalue weighted by atomic mass is 16.5. The van der Waals surface area contributed by atoms with Crippen molar-refractivity contribution in [2.75, 3.05) is 19.7 Å². The van der Waals surface area contributed by atoms with Gasteiger partial charge in [-0.2, -0.15) is 0 Å². The summed E-state index contributed by atoms with van der Waals surface area (Å²) < 4.78 is 5.53. The maximum absolute atomic E-state index is 5.53. The molecule has 3 heteroatoms. The van der Waals surface area contributed by atoms with Crippen molar-refractivity contribution < 1.29 is 4.74 Å². The second-order valence-corrected chi connectivity index (χ2v) is 5.04. The number of likely N-dealkylation sites (N-methyl/N-ethyl adjacent to an activating group) is 1. The molecule has 0 aromatic heterocycles. The van der Waals surface area contributed by atoms with E-state index in [9.17, 15) is 0 Å². The molecule has 0 heterocycles. The Labute approximate surface area is 94.0 Å². The van der Waals surface area contributed by atoms with Gasteiger partial charge in [-0.1, -0.05) is 6.92 Å². The minimum Gasteiger partial charge on any atom is -0.378 e. The van der Waals surface area contributed by atoms with Crippen LogP contribution in [0.1, 0.15) is 40.5 Å². The maximum atomic E-state index is 5.53. The maximum Gasteiger partial charge on any atom is 0.0604 e. The molecule has 1 fully saturated rings. The molecule has 1 aliphatic carbocycles. The van der Waals surface area contributed by atoms with Crippen LogP contribution in [0.2, 0.25) is 0 Å². The molecule has 0 unspecified atom stereocenters. The largest absolute Gasteiger partial charge is 0.378 e. The van der Waals surface area contributed by atoms with Crippen LogP contribution < -0.4 is 10.6 Å². The van der Waals surface area contributed by atoms with E-state index in [1.807, 2.05) is 0 Å². The average molecular weight is 214 g/mol. The molecule has 0 atom stereocenters. The second kappa shape index (κ2) is 5.83. The summed E-state index contributed by atoms with van der Waals surface area (Å²) >= 11 is 0. The van der Waals surface area contributed by atoms with Crippen molar-refractivity contribution in [3.05, 3.63) is 0 Å². The molecule has 2 N–H and O–H groups in total. The Morgan fingerprint density at radius 3 is 2.47 bits per heavy atom. The lowest BCUT2D eigenvalue weighted by Gasteiger charge is -2.38. The Bertz CT molecular complexity index is 176. The molecule has 1 saturated carbocycles. The molecule has 0 saturated heterocycles. The Morgan fingerprint density at radius 2 is 1.93 bits per heavy atom. The van der Waals surface area contributed by atoms with Gasteiger partial charge in [0.25, 0.3) is 0 Å². The van der Waals surface area contributed by atoms with Gasteiger partial charge in [-0.15, -0.1) is 0 Å². The summed E-state index contributed by atoms with van der Waals surface area (Å²) in [5.41, 5.74) is 0.200. The summed E-state index contributed by atoms with van der Waals surface area (Å²) in [6.45, 7) is 11.6. The lowest BCUT2D eigenvalue weighted by Crippen LogP contribution is -2.54. The zero-order valence-corrected chi connectivity index (χ0v) is 10.6. The van der Waals surface area contributed by atoms with Crippen molar-refractivity contribution in [1.82, 2.24) is 10.6 Å². The highest BCUT2D eigenvalue weighted by Crippen LogP contribution is 2.23. The molecule has 90 valence electrons. The lowest BCUT2D eigenvalue weighted by molar-refractivity contribution is -0.0109. The molecular weight excluding hydrogens is 188 g/mol. The van der Waals surface area contributed by atoms with Gasteiger partial charge < -0.3 is 15.4 Å². The molecule has 1 rings (SSSR count). The smallest absolute Gasteiger partial charge is 0.0604 e. The van der Waals surface area contributed by atoms with Crippen molar-refractivity contribution in [2.24, 2.45) is 0 Å². The summed E-state index contributed by atoms with van der Waals surface area (Å²) in [4.78, 5) is 0. The monoisotopic (exact) mass is 214 g/mol. The number of nitrogens with one attached hydrogen (secondary N) is 2. The van der Waals surface area contributed by atoms with E-state index in [-0.39, 0.29) is 5.54 Å². The third-order valence-corrected chi connectivity index (χ3v) is 2.99. The fourth-order valence-electron chi connectivity index (χ4n) is 2.04. The molecule has 0 spiro atoms. The Hall–Kier alpha value is -0.120. The molecular formula is C12H26N2O. The highest BCUT2D eigenvalue weighted by molar-refractivity contribution is 4.89. The van der Waals surface area contributed by atoms with Gasteiger partial charge in [-0.25, -0.2) is 0 Å². The SMILES string of the molecule is CCNC(C)(C)CNC1CC(OCC)C1. The third-order valence-electron chi connectivity index (χ3n) is 2.99. The molecule has 0 amide bonds. The van der Waals surface area contributed by atoms with Crippen LogP contribution in [-0.4, -0.2) is 37.4 Å². The van der Waals surface area contributed by atoms with Crippen molar-refractivity contribution >= 4 is 0 Å². The van der Waals surface area contributed by atoms with Gasteiger partial charge >= 0.3 is 0 Å². The molecule has 3 nitrogen and oxygen atoms in total. The van der Waals surface area contributed by atoms with E-state index in [2.05, 4.69) is 38.3 Å². The van der Waals surface area contributed by atoms with Gasteiger partial charge in [0.1, 0.15) is 0 Å². The van der Waals surface area contributed by atoms with E-state index >= 15 is 0 Å². The van der Waals surface area contributed by atoms with Crippen molar-refractivity contribution in [1.29, 1.82) is 0 Å². The molecule has 1 aliphatic rings. The van der Waals surface area contributed by atoms with Gasteiger partial charge in [-0.3, -0.25) is 0 Å². The van der Waals surface area contributed by atoms with E-state index < -0.39 is 0 Å². The molecule has 0 bridgehead atoms. The number of hydrogen-bond donors (Lipinski definition) is 2. The number of hydrogen-bond acceptors (Lipinski definition) is 3. The van der Waals surface area contributed by atoms with Crippen LogP contribution in [0, 0.1) is 0 Å². The predicted molar refractivity (Wildman–Crippen MR) is 64.2 cm³/mol. The molecule has 15 heavy (non-hydrogen) atoms. The first-order valence-electron chi connectivity index (χ1n) is 6.17. The zero-order valence-electron chi connectivity index (χ0n) is 10.6. The van der Waals surface area contributed by atoms with Crippen molar-refractivity contribution in [2.45, 2.75) is 58.2 Å². The van der Waals surface area contributed by atoms with Gasteiger partial charge in [-0.05, 0) is 40.2 Å². The van der Waals surface area contributed by atoms with E-state index in [1.165, 1.54) is 12.8 Å². The van der Waals surface area contributed by atoms with Crippen LogP contribution in [0.3, 0.4) is 0 Å². The first-order valence-corrected chi connectivity index (χ1v) is 6.17. The van der Waals surface area contributed by atoms with Crippen LogP contribution >= 0.6 is 0 Å². The van der Waals surface area contributed by atoms with Crippen LogP contribution in [0.5, 0.6) is 0 Å². The van der Waals surface area contributed by atoms with E-state index in [4.69, 9.17) is 4.74 Å². The zero-order chi connectivity index (χ0) is 11.3.